The number of nitrogens with zero attached hydrogens (tertiary/aromatic N) is 5. The van der Waals surface area contributed by atoms with Crippen LogP contribution in [0, 0.1) is 13.8 Å². The lowest BCUT2D eigenvalue weighted by atomic mass is 10.1. The highest BCUT2D eigenvalue weighted by Crippen LogP contribution is 2.20. The molecule has 1 amide bonds. The molecular weight excluding hydrogens is 278 g/mol. The fourth-order valence-corrected chi connectivity index (χ4v) is 3.23. The first-order valence-corrected chi connectivity index (χ1v) is 7.74. The monoisotopic (exact) mass is 301 g/mol. The third-order valence-corrected chi connectivity index (χ3v) is 4.69. The van der Waals surface area contributed by atoms with Crippen molar-refractivity contribution in [3.05, 3.63) is 34.4 Å². The fourth-order valence-electron chi connectivity index (χ4n) is 3.23. The van der Waals surface area contributed by atoms with Crippen molar-refractivity contribution in [2.45, 2.75) is 39.7 Å². The minimum atomic E-state index is 0.177. The maximum absolute atomic E-state index is 12.7. The molecule has 0 N–H and O–H groups in total. The highest BCUT2D eigenvalue weighted by Gasteiger charge is 2.23. The molecule has 2 aromatic rings. The molecule has 0 radical (unpaired) electrons. The molecule has 118 valence electrons. The summed E-state index contributed by atoms with van der Waals surface area (Å²) in [5.41, 5.74) is 5.51. The van der Waals surface area contributed by atoms with E-state index in [1.54, 1.807) is 0 Å². The maximum atomic E-state index is 12.7. The smallest absolute Gasteiger partial charge is 0.227 e. The van der Waals surface area contributed by atoms with Gasteiger partial charge in [0.2, 0.25) is 5.91 Å². The molecular formula is C16H23N5O. The van der Waals surface area contributed by atoms with E-state index in [2.05, 4.69) is 10.2 Å². The van der Waals surface area contributed by atoms with E-state index in [1.807, 2.05) is 48.4 Å². The topological polar surface area (TPSA) is 56.0 Å². The van der Waals surface area contributed by atoms with Crippen LogP contribution < -0.4 is 0 Å². The predicted molar refractivity (Wildman–Crippen MR) is 83.3 cm³/mol. The van der Waals surface area contributed by atoms with Gasteiger partial charge in [-0.05, 0) is 26.7 Å². The van der Waals surface area contributed by atoms with Crippen molar-refractivity contribution in [2.24, 2.45) is 14.1 Å². The summed E-state index contributed by atoms with van der Waals surface area (Å²) in [6, 6.07) is 0. The van der Waals surface area contributed by atoms with E-state index in [-0.39, 0.29) is 5.91 Å². The second-order valence-corrected chi connectivity index (χ2v) is 6.11. The Kier molecular flexibility index (Phi) is 3.76. The van der Waals surface area contributed by atoms with E-state index < -0.39 is 0 Å². The number of carbonyl (C=O) groups is 1. The molecule has 0 fully saturated rings. The molecule has 0 saturated carbocycles. The molecule has 1 aliphatic rings. The predicted octanol–water partition coefficient (Wildman–Crippen LogP) is 1.29. The van der Waals surface area contributed by atoms with Crippen LogP contribution in [0.5, 0.6) is 0 Å². The Morgan fingerprint density at radius 1 is 1.27 bits per heavy atom. The van der Waals surface area contributed by atoms with Crippen LogP contribution in [0.4, 0.5) is 0 Å². The van der Waals surface area contributed by atoms with Gasteiger partial charge in [-0.2, -0.15) is 10.2 Å². The molecule has 0 bridgehead atoms. The third kappa shape index (κ3) is 2.53. The molecule has 6 nitrogen and oxygen atoms in total. The van der Waals surface area contributed by atoms with E-state index in [1.165, 1.54) is 11.3 Å². The van der Waals surface area contributed by atoms with Gasteiger partial charge >= 0.3 is 0 Å². The van der Waals surface area contributed by atoms with Gasteiger partial charge < -0.3 is 4.90 Å². The largest absolute Gasteiger partial charge is 0.338 e. The van der Waals surface area contributed by atoms with Gasteiger partial charge in [0, 0.05) is 49.7 Å². The highest BCUT2D eigenvalue weighted by atomic mass is 16.2. The number of aromatic nitrogens is 4. The highest BCUT2D eigenvalue weighted by molar-refractivity contribution is 5.79. The van der Waals surface area contributed by atoms with Crippen LogP contribution in [0.1, 0.15) is 34.6 Å². The lowest BCUT2D eigenvalue weighted by Crippen LogP contribution is -2.32. The van der Waals surface area contributed by atoms with Gasteiger partial charge in [0.1, 0.15) is 0 Å². The van der Waals surface area contributed by atoms with Crippen molar-refractivity contribution >= 4 is 5.91 Å². The molecule has 0 atom stereocenters. The summed E-state index contributed by atoms with van der Waals surface area (Å²) in [6.07, 6.45) is 4.30. The summed E-state index contributed by atoms with van der Waals surface area (Å²) in [5.74, 6) is 0.177. The molecule has 2 aromatic heterocycles. The zero-order valence-electron chi connectivity index (χ0n) is 13.8. The van der Waals surface area contributed by atoms with Crippen LogP contribution in [0.15, 0.2) is 6.20 Å². The van der Waals surface area contributed by atoms with Crippen molar-refractivity contribution in [1.82, 2.24) is 24.5 Å². The average molecular weight is 301 g/mol. The van der Waals surface area contributed by atoms with Gasteiger partial charge in [-0.25, -0.2) is 0 Å². The Morgan fingerprint density at radius 2 is 2.05 bits per heavy atom. The SMILES string of the molecule is Cc1nn(C)c(C)c1CC(=O)N1CCCc2c(cnn2C)C1. The van der Waals surface area contributed by atoms with E-state index >= 15 is 0 Å². The molecule has 0 saturated heterocycles. The number of fused-ring (bicyclic) bond motifs is 1. The molecule has 6 heteroatoms. The Hall–Kier alpha value is -2.11. The number of carbonyl (C=O) groups excluding carboxylic acids is 1. The zero-order chi connectivity index (χ0) is 15.9. The Balaban J connectivity index is 1.78. The van der Waals surface area contributed by atoms with Gasteiger partial charge in [-0.3, -0.25) is 14.2 Å². The van der Waals surface area contributed by atoms with Gasteiger partial charge in [-0.15, -0.1) is 0 Å². The van der Waals surface area contributed by atoms with Crippen LogP contribution in [0.25, 0.3) is 0 Å². The summed E-state index contributed by atoms with van der Waals surface area (Å²) in [5, 5.41) is 8.71. The quantitative estimate of drug-likeness (QED) is 0.840. The normalized spacial score (nSPS) is 14.8. The van der Waals surface area contributed by atoms with Crippen LogP contribution in [0.2, 0.25) is 0 Å². The van der Waals surface area contributed by atoms with E-state index in [9.17, 15) is 4.79 Å². The molecule has 3 rings (SSSR count). The number of hydrogen-bond donors (Lipinski definition) is 0. The van der Waals surface area contributed by atoms with Crippen LogP contribution >= 0.6 is 0 Å². The van der Waals surface area contributed by atoms with Crippen LogP contribution in [0.3, 0.4) is 0 Å². The Bertz CT molecular complexity index is 712. The number of amides is 1. The summed E-state index contributed by atoms with van der Waals surface area (Å²) >= 11 is 0. The zero-order valence-corrected chi connectivity index (χ0v) is 13.8. The second kappa shape index (κ2) is 5.59. The molecule has 0 aliphatic carbocycles. The van der Waals surface area contributed by atoms with Crippen molar-refractivity contribution < 1.29 is 4.79 Å². The summed E-state index contributed by atoms with van der Waals surface area (Å²) < 4.78 is 3.78. The number of hydrogen-bond acceptors (Lipinski definition) is 3. The minimum absolute atomic E-state index is 0.177. The lowest BCUT2D eigenvalue weighted by molar-refractivity contribution is -0.131. The van der Waals surface area contributed by atoms with Crippen molar-refractivity contribution in [1.29, 1.82) is 0 Å². The van der Waals surface area contributed by atoms with Crippen LogP contribution in [-0.4, -0.2) is 36.9 Å². The van der Waals surface area contributed by atoms with Gasteiger partial charge in [0.15, 0.2) is 0 Å². The lowest BCUT2D eigenvalue weighted by Gasteiger charge is -2.20. The van der Waals surface area contributed by atoms with E-state index in [4.69, 9.17) is 0 Å². The first kappa shape index (κ1) is 14.8. The Morgan fingerprint density at radius 3 is 2.73 bits per heavy atom. The van der Waals surface area contributed by atoms with Crippen molar-refractivity contribution in [3.63, 3.8) is 0 Å². The van der Waals surface area contributed by atoms with Gasteiger partial charge in [0.25, 0.3) is 0 Å². The molecule has 0 unspecified atom stereocenters. The molecule has 22 heavy (non-hydrogen) atoms. The summed E-state index contributed by atoms with van der Waals surface area (Å²) in [7, 11) is 3.89. The van der Waals surface area contributed by atoms with Gasteiger partial charge in [-0.1, -0.05) is 0 Å². The van der Waals surface area contributed by atoms with Crippen molar-refractivity contribution in [2.75, 3.05) is 6.54 Å². The van der Waals surface area contributed by atoms with E-state index in [0.717, 1.165) is 36.3 Å². The van der Waals surface area contributed by atoms with Crippen molar-refractivity contribution in [3.8, 4) is 0 Å². The van der Waals surface area contributed by atoms with Crippen LogP contribution in [-0.2, 0) is 38.3 Å². The van der Waals surface area contributed by atoms with E-state index in [0.29, 0.717) is 13.0 Å². The first-order chi connectivity index (χ1) is 10.5. The molecule has 0 spiro atoms. The number of aryl methyl sites for hydroxylation is 3. The Labute approximate surface area is 130 Å². The third-order valence-electron chi connectivity index (χ3n) is 4.69. The molecule has 3 heterocycles. The molecule has 1 aliphatic heterocycles. The minimum Gasteiger partial charge on any atom is -0.338 e. The summed E-state index contributed by atoms with van der Waals surface area (Å²) in [4.78, 5) is 14.7. The fraction of sp³-hybridized carbons (Fsp3) is 0.562. The standard InChI is InChI=1S/C16H23N5O/c1-11-14(12(2)19(3)18-11)8-16(22)21-7-5-6-15-13(10-21)9-17-20(15)4/h9H,5-8,10H2,1-4H3. The number of rotatable bonds is 2. The maximum Gasteiger partial charge on any atom is 0.227 e. The average Bonchev–Trinajstić information content (AvgIpc) is 2.84. The molecule has 0 aromatic carbocycles. The first-order valence-electron chi connectivity index (χ1n) is 7.74. The van der Waals surface area contributed by atoms with Gasteiger partial charge in [0.05, 0.1) is 18.3 Å². The summed E-state index contributed by atoms with van der Waals surface area (Å²) in [6.45, 7) is 5.47. The second-order valence-electron chi connectivity index (χ2n) is 6.11.